The first-order valence-corrected chi connectivity index (χ1v) is 7.35. The zero-order valence-corrected chi connectivity index (χ0v) is 12.4. The van der Waals surface area contributed by atoms with E-state index in [4.69, 9.17) is 9.52 Å². The Kier molecular flexibility index (Phi) is 4.92. The molecule has 0 amide bonds. The largest absolute Gasteiger partial charge is 0.480 e. The summed E-state index contributed by atoms with van der Waals surface area (Å²) in [7, 11) is 0. The van der Waals surface area contributed by atoms with E-state index in [1.54, 1.807) is 17.6 Å². The number of nitrogens with zero attached hydrogens (tertiary/aromatic N) is 2. The van der Waals surface area contributed by atoms with Crippen LogP contribution in [0.25, 0.3) is 10.8 Å². The third-order valence-electron chi connectivity index (χ3n) is 2.65. The standard InChI is InChI=1S/C14H18N2O3S/c1-10(2)6-16(8-13(17)18)7-11-9-19-14(15-11)12-4-3-5-20-12/h3-5,9-10H,6-8H2,1-2H3,(H,17,18). The van der Waals surface area contributed by atoms with Crippen LogP contribution >= 0.6 is 11.3 Å². The highest BCUT2D eigenvalue weighted by atomic mass is 32.1. The Morgan fingerprint density at radius 3 is 2.95 bits per heavy atom. The summed E-state index contributed by atoms with van der Waals surface area (Å²) >= 11 is 1.57. The molecule has 0 atom stereocenters. The quantitative estimate of drug-likeness (QED) is 0.850. The van der Waals surface area contributed by atoms with Gasteiger partial charge in [-0.2, -0.15) is 0 Å². The van der Waals surface area contributed by atoms with Gasteiger partial charge in [0.05, 0.1) is 17.1 Å². The number of aromatic nitrogens is 1. The molecule has 2 heterocycles. The minimum atomic E-state index is -0.826. The van der Waals surface area contributed by atoms with E-state index in [1.165, 1.54) is 0 Å². The van der Waals surface area contributed by atoms with Gasteiger partial charge >= 0.3 is 5.97 Å². The molecule has 2 rings (SSSR count). The van der Waals surface area contributed by atoms with E-state index in [-0.39, 0.29) is 6.54 Å². The molecule has 0 spiro atoms. The molecule has 0 saturated heterocycles. The smallest absolute Gasteiger partial charge is 0.317 e. The lowest BCUT2D eigenvalue weighted by atomic mass is 10.2. The normalized spacial score (nSPS) is 11.4. The van der Waals surface area contributed by atoms with Crippen molar-refractivity contribution in [2.24, 2.45) is 5.92 Å². The van der Waals surface area contributed by atoms with Crippen LogP contribution in [0.1, 0.15) is 19.5 Å². The van der Waals surface area contributed by atoms with Crippen LogP contribution in [-0.2, 0) is 11.3 Å². The lowest BCUT2D eigenvalue weighted by Crippen LogP contribution is -2.32. The highest BCUT2D eigenvalue weighted by Crippen LogP contribution is 2.24. The number of thiophene rings is 1. The first-order chi connectivity index (χ1) is 9.54. The van der Waals surface area contributed by atoms with Crippen LogP contribution in [0.15, 0.2) is 28.2 Å². The zero-order chi connectivity index (χ0) is 14.5. The molecule has 0 saturated carbocycles. The summed E-state index contributed by atoms with van der Waals surface area (Å²) in [5.41, 5.74) is 0.760. The van der Waals surface area contributed by atoms with Crippen molar-refractivity contribution < 1.29 is 14.3 Å². The van der Waals surface area contributed by atoms with Gasteiger partial charge in [0.25, 0.3) is 0 Å². The fourth-order valence-corrected chi connectivity index (χ4v) is 2.67. The van der Waals surface area contributed by atoms with E-state index in [0.29, 0.717) is 24.9 Å². The monoisotopic (exact) mass is 294 g/mol. The Hall–Kier alpha value is -1.66. The van der Waals surface area contributed by atoms with Crippen molar-refractivity contribution in [1.82, 2.24) is 9.88 Å². The lowest BCUT2D eigenvalue weighted by molar-refractivity contribution is -0.138. The van der Waals surface area contributed by atoms with E-state index in [9.17, 15) is 4.79 Å². The van der Waals surface area contributed by atoms with Crippen LogP contribution in [0.3, 0.4) is 0 Å². The van der Waals surface area contributed by atoms with Gasteiger partial charge in [0.2, 0.25) is 5.89 Å². The van der Waals surface area contributed by atoms with Crippen LogP contribution in [-0.4, -0.2) is 34.0 Å². The second-order valence-corrected chi connectivity index (χ2v) is 6.03. The molecule has 2 aromatic rings. The van der Waals surface area contributed by atoms with E-state index in [1.807, 2.05) is 22.4 Å². The van der Waals surface area contributed by atoms with Crippen LogP contribution in [0.4, 0.5) is 0 Å². The Labute approximate surface area is 121 Å². The SMILES string of the molecule is CC(C)CN(CC(=O)O)Cc1coc(-c2cccs2)n1. The van der Waals surface area contributed by atoms with Gasteiger partial charge in [-0.1, -0.05) is 19.9 Å². The van der Waals surface area contributed by atoms with Gasteiger partial charge in [0.1, 0.15) is 6.26 Å². The van der Waals surface area contributed by atoms with Crippen molar-refractivity contribution in [3.05, 3.63) is 29.5 Å². The number of hydrogen-bond donors (Lipinski definition) is 1. The lowest BCUT2D eigenvalue weighted by Gasteiger charge is -2.20. The maximum atomic E-state index is 10.9. The first kappa shape index (κ1) is 14.7. The number of carboxylic acid groups (broad SMARTS) is 1. The molecule has 0 unspecified atom stereocenters. The highest BCUT2D eigenvalue weighted by Gasteiger charge is 2.15. The second-order valence-electron chi connectivity index (χ2n) is 5.08. The van der Waals surface area contributed by atoms with Crippen molar-refractivity contribution in [3.8, 4) is 10.8 Å². The average molecular weight is 294 g/mol. The fourth-order valence-electron chi connectivity index (χ4n) is 2.01. The maximum absolute atomic E-state index is 10.9. The van der Waals surface area contributed by atoms with Gasteiger partial charge in [0, 0.05) is 13.1 Å². The van der Waals surface area contributed by atoms with Crippen molar-refractivity contribution >= 4 is 17.3 Å². The Balaban J connectivity index is 2.04. The predicted octanol–water partition coefficient (Wildman–Crippen LogP) is 2.95. The van der Waals surface area contributed by atoms with Gasteiger partial charge < -0.3 is 9.52 Å². The number of oxazole rings is 1. The minimum Gasteiger partial charge on any atom is -0.480 e. The van der Waals surface area contributed by atoms with Crippen molar-refractivity contribution in [1.29, 1.82) is 0 Å². The average Bonchev–Trinajstić information content (AvgIpc) is 2.95. The summed E-state index contributed by atoms with van der Waals surface area (Å²) in [6, 6.07) is 3.89. The van der Waals surface area contributed by atoms with Crippen LogP contribution < -0.4 is 0 Å². The maximum Gasteiger partial charge on any atom is 0.317 e. The summed E-state index contributed by atoms with van der Waals surface area (Å²) in [5.74, 6) is 0.167. The molecule has 0 fully saturated rings. The summed E-state index contributed by atoms with van der Waals surface area (Å²) in [6.45, 7) is 5.34. The Morgan fingerprint density at radius 1 is 1.55 bits per heavy atom. The Bertz CT molecular complexity index is 549. The summed E-state index contributed by atoms with van der Waals surface area (Å²) in [4.78, 5) is 18.1. The number of aliphatic carboxylic acids is 1. The van der Waals surface area contributed by atoms with Gasteiger partial charge in [-0.15, -0.1) is 11.3 Å². The number of hydrogen-bond acceptors (Lipinski definition) is 5. The third-order valence-corrected chi connectivity index (χ3v) is 3.51. The van der Waals surface area contributed by atoms with Gasteiger partial charge in [0.15, 0.2) is 0 Å². The fraction of sp³-hybridized carbons (Fsp3) is 0.429. The van der Waals surface area contributed by atoms with Gasteiger partial charge in [-0.3, -0.25) is 9.69 Å². The molecule has 0 aliphatic rings. The molecule has 0 bridgehead atoms. The van der Waals surface area contributed by atoms with E-state index >= 15 is 0 Å². The first-order valence-electron chi connectivity index (χ1n) is 6.47. The summed E-state index contributed by atoms with van der Waals surface area (Å²) in [5, 5.41) is 10.9. The molecule has 108 valence electrons. The second kappa shape index (κ2) is 6.67. The Morgan fingerprint density at radius 2 is 2.35 bits per heavy atom. The minimum absolute atomic E-state index is 0.0133. The molecular weight excluding hydrogens is 276 g/mol. The highest BCUT2D eigenvalue weighted by molar-refractivity contribution is 7.13. The molecule has 0 aromatic carbocycles. The van der Waals surface area contributed by atoms with Crippen LogP contribution in [0, 0.1) is 5.92 Å². The molecule has 2 aromatic heterocycles. The van der Waals surface area contributed by atoms with Crippen molar-refractivity contribution in [2.75, 3.05) is 13.1 Å². The molecule has 0 aliphatic heterocycles. The zero-order valence-electron chi connectivity index (χ0n) is 11.6. The molecule has 20 heavy (non-hydrogen) atoms. The summed E-state index contributed by atoms with van der Waals surface area (Å²) < 4.78 is 5.45. The number of carbonyl (C=O) groups is 1. The summed E-state index contributed by atoms with van der Waals surface area (Å²) in [6.07, 6.45) is 1.60. The van der Waals surface area contributed by atoms with Crippen molar-refractivity contribution in [3.63, 3.8) is 0 Å². The number of carboxylic acids is 1. The van der Waals surface area contributed by atoms with E-state index in [0.717, 1.165) is 10.6 Å². The molecule has 5 nitrogen and oxygen atoms in total. The molecule has 6 heteroatoms. The number of rotatable bonds is 7. The van der Waals surface area contributed by atoms with E-state index < -0.39 is 5.97 Å². The topological polar surface area (TPSA) is 66.6 Å². The van der Waals surface area contributed by atoms with Crippen LogP contribution in [0.5, 0.6) is 0 Å². The molecule has 1 N–H and O–H groups in total. The van der Waals surface area contributed by atoms with Gasteiger partial charge in [-0.25, -0.2) is 4.98 Å². The third kappa shape index (κ3) is 4.18. The van der Waals surface area contributed by atoms with Crippen molar-refractivity contribution in [2.45, 2.75) is 20.4 Å². The molecule has 0 radical (unpaired) electrons. The predicted molar refractivity (Wildman–Crippen MR) is 77.6 cm³/mol. The molecular formula is C14H18N2O3S. The molecule has 0 aliphatic carbocycles. The van der Waals surface area contributed by atoms with E-state index in [2.05, 4.69) is 18.8 Å². The van der Waals surface area contributed by atoms with Gasteiger partial charge in [-0.05, 0) is 17.4 Å². The van der Waals surface area contributed by atoms with Crippen LogP contribution in [0.2, 0.25) is 0 Å².